The Bertz CT molecular complexity index is 1640. The summed E-state index contributed by atoms with van der Waals surface area (Å²) in [5.41, 5.74) is 2.48. The maximum Gasteiger partial charge on any atom is 0.336 e. The molecule has 0 radical (unpaired) electrons. The smallest absolute Gasteiger partial charge is 0.326 e. The van der Waals surface area contributed by atoms with Gasteiger partial charge in [0, 0.05) is 10.7 Å². The number of rotatable bonds is 6. The summed E-state index contributed by atoms with van der Waals surface area (Å²) in [6.45, 7) is 0.240. The SMILES string of the molecule is O=C(Cc1ccc(-n2c(=O)c3sccc3n(Cc3ccccc3Cl)c2=O)cc1)Nc1ccccc1. The van der Waals surface area contributed by atoms with Crippen molar-refractivity contribution < 1.29 is 4.79 Å². The predicted molar refractivity (Wildman–Crippen MR) is 141 cm³/mol. The molecule has 0 saturated carbocycles. The van der Waals surface area contributed by atoms with E-state index in [0.29, 0.717) is 20.9 Å². The first-order valence-electron chi connectivity index (χ1n) is 10.9. The molecule has 0 aliphatic heterocycles. The van der Waals surface area contributed by atoms with Crippen molar-refractivity contribution in [2.45, 2.75) is 13.0 Å². The minimum Gasteiger partial charge on any atom is -0.326 e. The lowest BCUT2D eigenvalue weighted by Gasteiger charge is -2.13. The van der Waals surface area contributed by atoms with Crippen LogP contribution in [0, 0.1) is 0 Å². The Morgan fingerprint density at radius 2 is 1.60 bits per heavy atom. The normalized spacial score (nSPS) is 11.0. The van der Waals surface area contributed by atoms with Crippen LogP contribution in [-0.2, 0) is 17.8 Å². The van der Waals surface area contributed by atoms with E-state index in [-0.39, 0.29) is 24.4 Å². The number of thiophene rings is 1. The van der Waals surface area contributed by atoms with Gasteiger partial charge in [-0.05, 0) is 52.9 Å². The number of nitrogens with one attached hydrogen (secondary N) is 1. The van der Waals surface area contributed by atoms with E-state index in [1.807, 2.05) is 48.5 Å². The molecule has 174 valence electrons. The highest BCUT2D eigenvalue weighted by Gasteiger charge is 2.17. The Labute approximate surface area is 209 Å². The van der Waals surface area contributed by atoms with E-state index in [4.69, 9.17) is 11.6 Å². The lowest BCUT2D eigenvalue weighted by atomic mass is 10.1. The summed E-state index contributed by atoms with van der Waals surface area (Å²) in [4.78, 5) is 39.1. The van der Waals surface area contributed by atoms with Gasteiger partial charge in [0.25, 0.3) is 5.56 Å². The average Bonchev–Trinajstić information content (AvgIpc) is 3.35. The highest BCUT2D eigenvalue weighted by molar-refractivity contribution is 7.17. The lowest BCUT2D eigenvalue weighted by Crippen LogP contribution is -2.38. The van der Waals surface area contributed by atoms with Gasteiger partial charge in [-0.2, -0.15) is 0 Å². The molecule has 0 bridgehead atoms. The zero-order valence-corrected chi connectivity index (χ0v) is 20.1. The predicted octanol–water partition coefficient (Wildman–Crippen LogP) is 5.10. The first-order valence-corrected chi connectivity index (χ1v) is 12.2. The zero-order valence-electron chi connectivity index (χ0n) is 18.5. The highest BCUT2D eigenvalue weighted by Crippen LogP contribution is 2.21. The number of carbonyl (C=O) groups excluding carboxylic acids is 1. The molecule has 2 heterocycles. The third-order valence-corrected chi connectivity index (χ3v) is 6.92. The number of aromatic nitrogens is 2. The fraction of sp³-hybridized carbons (Fsp3) is 0.0741. The summed E-state index contributed by atoms with van der Waals surface area (Å²) in [5, 5.41) is 5.20. The van der Waals surface area contributed by atoms with Crippen molar-refractivity contribution in [2.75, 3.05) is 5.32 Å². The Morgan fingerprint density at radius 1 is 0.886 bits per heavy atom. The molecule has 6 nitrogen and oxygen atoms in total. The van der Waals surface area contributed by atoms with Crippen LogP contribution in [0.25, 0.3) is 15.9 Å². The summed E-state index contributed by atoms with van der Waals surface area (Å²) in [6.07, 6.45) is 0.171. The van der Waals surface area contributed by atoms with E-state index in [1.165, 1.54) is 15.9 Å². The van der Waals surface area contributed by atoms with Crippen molar-refractivity contribution in [1.82, 2.24) is 9.13 Å². The third kappa shape index (κ3) is 4.69. The molecule has 1 N–H and O–H groups in total. The van der Waals surface area contributed by atoms with Crippen LogP contribution in [0.5, 0.6) is 0 Å². The summed E-state index contributed by atoms with van der Waals surface area (Å²) >= 11 is 7.63. The van der Waals surface area contributed by atoms with Crippen molar-refractivity contribution in [1.29, 1.82) is 0 Å². The van der Waals surface area contributed by atoms with E-state index in [9.17, 15) is 14.4 Å². The number of halogens is 1. The monoisotopic (exact) mass is 501 g/mol. The number of hydrogen-bond donors (Lipinski definition) is 1. The van der Waals surface area contributed by atoms with Gasteiger partial charge in [-0.3, -0.25) is 14.2 Å². The molecule has 0 saturated heterocycles. The van der Waals surface area contributed by atoms with E-state index in [1.54, 1.807) is 46.3 Å². The molecule has 0 aliphatic carbocycles. The molecule has 0 fully saturated rings. The molecule has 0 spiro atoms. The van der Waals surface area contributed by atoms with Gasteiger partial charge in [0.05, 0.1) is 24.2 Å². The summed E-state index contributed by atoms with van der Waals surface area (Å²) in [6, 6.07) is 25.2. The molecular weight excluding hydrogens is 482 g/mol. The topological polar surface area (TPSA) is 73.1 Å². The number of carbonyl (C=O) groups is 1. The first-order chi connectivity index (χ1) is 17.0. The molecule has 5 aromatic rings. The van der Waals surface area contributed by atoms with Crippen molar-refractivity contribution in [2.24, 2.45) is 0 Å². The van der Waals surface area contributed by atoms with Crippen molar-refractivity contribution >= 4 is 44.7 Å². The molecule has 0 aliphatic rings. The fourth-order valence-electron chi connectivity index (χ4n) is 3.94. The van der Waals surface area contributed by atoms with Crippen molar-refractivity contribution in [3.05, 3.63) is 127 Å². The summed E-state index contributed by atoms with van der Waals surface area (Å²) < 4.78 is 3.22. The summed E-state index contributed by atoms with van der Waals surface area (Å²) in [7, 11) is 0. The molecule has 35 heavy (non-hydrogen) atoms. The van der Waals surface area contributed by atoms with Crippen LogP contribution in [0.3, 0.4) is 0 Å². The zero-order chi connectivity index (χ0) is 24.4. The average molecular weight is 502 g/mol. The van der Waals surface area contributed by atoms with E-state index in [0.717, 1.165) is 16.8 Å². The van der Waals surface area contributed by atoms with Gasteiger partial charge in [-0.1, -0.05) is 60.1 Å². The van der Waals surface area contributed by atoms with Crippen LogP contribution >= 0.6 is 22.9 Å². The van der Waals surface area contributed by atoms with Crippen LogP contribution in [-0.4, -0.2) is 15.0 Å². The summed E-state index contributed by atoms with van der Waals surface area (Å²) in [5.74, 6) is -0.150. The molecular formula is C27H20ClN3O3S. The van der Waals surface area contributed by atoms with Gasteiger partial charge in [0.1, 0.15) is 4.70 Å². The van der Waals surface area contributed by atoms with Crippen LogP contribution in [0.1, 0.15) is 11.1 Å². The second-order valence-electron chi connectivity index (χ2n) is 7.99. The number of benzene rings is 3. The second kappa shape index (κ2) is 9.74. The van der Waals surface area contributed by atoms with Gasteiger partial charge < -0.3 is 5.32 Å². The maximum atomic E-state index is 13.5. The minimum absolute atomic E-state index is 0.150. The van der Waals surface area contributed by atoms with E-state index >= 15 is 0 Å². The van der Waals surface area contributed by atoms with Gasteiger partial charge in [0.15, 0.2) is 0 Å². The van der Waals surface area contributed by atoms with Crippen LogP contribution < -0.4 is 16.6 Å². The van der Waals surface area contributed by atoms with Crippen molar-refractivity contribution in [3.8, 4) is 5.69 Å². The number of fused-ring (bicyclic) bond motifs is 1. The van der Waals surface area contributed by atoms with Gasteiger partial charge in [-0.25, -0.2) is 9.36 Å². The van der Waals surface area contributed by atoms with E-state index < -0.39 is 5.69 Å². The fourth-order valence-corrected chi connectivity index (χ4v) is 4.96. The molecule has 2 aromatic heterocycles. The van der Waals surface area contributed by atoms with Crippen molar-refractivity contribution in [3.63, 3.8) is 0 Å². The second-order valence-corrected chi connectivity index (χ2v) is 9.32. The molecule has 5 rings (SSSR count). The van der Waals surface area contributed by atoms with Gasteiger partial charge in [-0.15, -0.1) is 11.3 Å². The number of nitrogens with zero attached hydrogens (tertiary/aromatic N) is 2. The lowest BCUT2D eigenvalue weighted by molar-refractivity contribution is -0.115. The molecule has 8 heteroatoms. The van der Waals surface area contributed by atoms with Gasteiger partial charge in [0.2, 0.25) is 5.91 Å². The molecule has 3 aromatic carbocycles. The quantitative estimate of drug-likeness (QED) is 0.352. The highest BCUT2D eigenvalue weighted by atomic mass is 35.5. The van der Waals surface area contributed by atoms with Crippen LogP contribution in [0.2, 0.25) is 5.02 Å². The molecule has 1 amide bonds. The Balaban J connectivity index is 1.48. The van der Waals surface area contributed by atoms with E-state index in [2.05, 4.69) is 5.32 Å². The maximum absolute atomic E-state index is 13.5. The number of hydrogen-bond acceptors (Lipinski definition) is 4. The molecule has 0 unspecified atom stereocenters. The largest absolute Gasteiger partial charge is 0.336 e. The molecule has 0 atom stereocenters. The Kier molecular flexibility index (Phi) is 6.35. The first kappa shape index (κ1) is 22.8. The number of amides is 1. The van der Waals surface area contributed by atoms with Crippen LogP contribution in [0.4, 0.5) is 5.69 Å². The van der Waals surface area contributed by atoms with Crippen LogP contribution in [0.15, 0.2) is 99.9 Å². The number of anilines is 1. The Morgan fingerprint density at radius 3 is 2.34 bits per heavy atom. The van der Waals surface area contributed by atoms with Gasteiger partial charge >= 0.3 is 5.69 Å². The minimum atomic E-state index is -0.449. The number of para-hydroxylation sites is 1. The third-order valence-electron chi connectivity index (χ3n) is 5.66. The Hall–Kier alpha value is -3.94. The standard InChI is InChI=1S/C27H20ClN3O3S/c28-22-9-5-4-6-19(22)17-30-23-14-15-35-25(23)26(33)31(27(30)34)21-12-10-18(11-13-21)16-24(32)29-20-7-2-1-3-8-20/h1-15H,16-17H2,(H,29,32).